The Morgan fingerprint density at radius 2 is 2.12 bits per heavy atom. The standard InChI is InChI=1S/C21H32O5/c1-6-25-20(23)10-7-13(2)17-9-8-15(4)21(24)12-19(26-16(5)22)14(3)11-18(17)21/h7,10-11,13,15,17-19,24H,6,8-9,12H2,1-5H3/t13-,15+,17-,18+,19+,21+/m0/s1. The molecule has 2 rings (SSSR count). The molecule has 0 heterocycles. The summed E-state index contributed by atoms with van der Waals surface area (Å²) in [5, 5.41) is 11.5. The molecule has 0 aromatic rings. The summed E-state index contributed by atoms with van der Waals surface area (Å²) in [5.74, 6) is -0.167. The highest BCUT2D eigenvalue weighted by molar-refractivity contribution is 5.81. The van der Waals surface area contributed by atoms with Crippen LogP contribution in [-0.4, -0.2) is 35.4 Å². The van der Waals surface area contributed by atoms with Gasteiger partial charge in [0.05, 0.1) is 12.2 Å². The van der Waals surface area contributed by atoms with E-state index < -0.39 is 5.60 Å². The number of hydrogen-bond acceptors (Lipinski definition) is 5. The van der Waals surface area contributed by atoms with Gasteiger partial charge in [0.25, 0.3) is 0 Å². The Morgan fingerprint density at radius 3 is 2.73 bits per heavy atom. The lowest BCUT2D eigenvalue weighted by molar-refractivity contribution is -0.158. The van der Waals surface area contributed by atoms with Crippen molar-refractivity contribution in [2.75, 3.05) is 6.61 Å². The Balaban J connectivity index is 2.24. The predicted molar refractivity (Wildman–Crippen MR) is 99.2 cm³/mol. The molecule has 2 aliphatic carbocycles. The van der Waals surface area contributed by atoms with Gasteiger partial charge in [-0.1, -0.05) is 26.0 Å². The molecule has 0 aromatic heterocycles. The highest BCUT2D eigenvalue weighted by Crippen LogP contribution is 2.51. The maximum absolute atomic E-state index is 11.6. The molecule has 0 bridgehead atoms. The third-order valence-electron chi connectivity index (χ3n) is 6.09. The number of carbonyl (C=O) groups excluding carboxylic acids is 2. The summed E-state index contributed by atoms with van der Waals surface area (Å²) in [4.78, 5) is 23.0. The van der Waals surface area contributed by atoms with Crippen molar-refractivity contribution in [1.82, 2.24) is 0 Å². The first-order chi connectivity index (χ1) is 12.2. The third-order valence-corrected chi connectivity index (χ3v) is 6.09. The van der Waals surface area contributed by atoms with Gasteiger partial charge in [0.15, 0.2) is 0 Å². The number of fused-ring (bicyclic) bond motifs is 1. The zero-order valence-corrected chi connectivity index (χ0v) is 16.5. The highest BCUT2D eigenvalue weighted by Gasteiger charge is 2.52. The normalized spacial score (nSPS) is 35.4. The molecular weight excluding hydrogens is 332 g/mol. The molecule has 0 aromatic carbocycles. The molecule has 0 radical (unpaired) electrons. The lowest BCUT2D eigenvalue weighted by Crippen LogP contribution is -2.55. The molecule has 1 saturated carbocycles. The van der Waals surface area contributed by atoms with Crippen LogP contribution in [0.15, 0.2) is 23.8 Å². The quantitative estimate of drug-likeness (QED) is 0.460. The van der Waals surface area contributed by atoms with Gasteiger partial charge in [0.2, 0.25) is 0 Å². The Morgan fingerprint density at radius 1 is 1.42 bits per heavy atom. The van der Waals surface area contributed by atoms with Crippen molar-refractivity contribution < 1.29 is 24.2 Å². The van der Waals surface area contributed by atoms with E-state index in [1.54, 1.807) is 6.92 Å². The van der Waals surface area contributed by atoms with Crippen LogP contribution in [0, 0.1) is 23.7 Å². The van der Waals surface area contributed by atoms with E-state index in [4.69, 9.17) is 9.47 Å². The number of esters is 2. The molecule has 0 aliphatic heterocycles. The fraction of sp³-hybridized carbons (Fsp3) is 0.714. The fourth-order valence-corrected chi connectivity index (χ4v) is 4.51. The Labute approximate surface area is 156 Å². The van der Waals surface area contributed by atoms with Gasteiger partial charge < -0.3 is 14.6 Å². The second-order valence-electron chi connectivity index (χ2n) is 7.84. The lowest BCUT2D eigenvalue weighted by Gasteiger charge is -2.52. The maximum Gasteiger partial charge on any atom is 0.330 e. The number of allylic oxidation sites excluding steroid dienone is 1. The van der Waals surface area contributed by atoms with Crippen LogP contribution < -0.4 is 0 Å². The zero-order valence-electron chi connectivity index (χ0n) is 16.5. The van der Waals surface area contributed by atoms with Gasteiger partial charge in [-0.15, -0.1) is 0 Å². The van der Waals surface area contributed by atoms with E-state index in [-0.39, 0.29) is 41.7 Å². The molecule has 26 heavy (non-hydrogen) atoms. The van der Waals surface area contributed by atoms with Crippen molar-refractivity contribution in [3.05, 3.63) is 23.8 Å². The first-order valence-electron chi connectivity index (χ1n) is 9.61. The second-order valence-corrected chi connectivity index (χ2v) is 7.84. The first-order valence-corrected chi connectivity index (χ1v) is 9.61. The molecule has 2 aliphatic rings. The van der Waals surface area contributed by atoms with Crippen LogP contribution in [0.25, 0.3) is 0 Å². The Kier molecular flexibility index (Phi) is 6.67. The van der Waals surface area contributed by atoms with Crippen LogP contribution in [0.4, 0.5) is 0 Å². The smallest absolute Gasteiger partial charge is 0.330 e. The third kappa shape index (κ3) is 4.37. The number of carbonyl (C=O) groups is 2. The number of rotatable bonds is 5. The number of ether oxygens (including phenoxy) is 2. The van der Waals surface area contributed by atoms with Crippen LogP contribution in [0.5, 0.6) is 0 Å². The molecule has 1 N–H and O–H groups in total. The summed E-state index contributed by atoms with van der Waals surface area (Å²) in [6.07, 6.45) is 7.45. The number of aliphatic hydroxyl groups is 1. The van der Waals surface area contributed by atoms with E-state index in [0.29, 0.717) is 13.0 Å². The van der Waals surface area contributed by atoms with Gasteiger partial charge in [-0.3, -0.25) is 4.79 Å². The Hall–Kier alpha value is -1.62. The Bertz CT molecular complexity index is 593. The SMILES string of the molecule is CCOC(=O)C=C[C@H](C)[C@@H]1CC[C@@H](C)[C@]2(O)C[C@@H](OC(C)=O)C(C)=C[C@H]12. The lowest BCUT2D eigenvalue weighted by atomic mass is 9.57. The van der Waals surface area contributed by atoms with Crippen molar-refractivity contribution in [1.29, 1.82) is 0 Å². The monoisotopic (exact) mass is 364 g/mol. The minimum atomic E-state index is -0.894. The van der Waals surface area contributed by atoms with Crippen molar-refractivity contribution in [2.24, 2.45) is 23.7 Å². The maximum atomic E-state index is 11.6. The van der Waals surface area contributed by atoms with Crippen LogP contribution in [-0.2, 0) is 19.1 Å². The molecule has 5 nitrogen and oxygen atoms in total. The summed E-state index contributed by atoms with van der Waals surface area (Å²) in [7, 11) is 0. The predicted octanol–water partition coefficient (Wildman–Crippen LogP) is 3.42. The van der Waals surface area contributed by atoms with Crippen LogP contribution >= 0.6 is 0 Å². The molecular formula is C21H32O5. The number of hydrogen-bond donors (Lipinski definition) is 1. The minimum absolute atomic E-state index is 0.0140. The minimum Gasteiger partial charge on any atom is -0.463 e. The average molecular weight is 364 g/mol. The van der Waals surface area contributed by atoms with Gasteiger partial charge in [-0.25, -0.2) is 4.79 Å². The fourth-order valence-electron chi connectivity index (χ4n) is 4.51. The van der Waals surface area contributed by atoms with Crippen molar-refractivity contribution in [2.45, 2.75) is 65.6 Å². The first kappa shape index (κ1) is 20.7. The van der Waals surface area contributed by atoms with E-state index in [2.05, 4.69) is 19.9 Å². The van der Waals surface area contributed by atoms with Gasteiger partial charge in [0, 0.05) is 25.3 Å². The van der Waals surface area contributed by atoms with Crippen molar-refractivity contribution in [3.63, 3.8) is 0 Å². The molecule has 5 heteroatoms. The van der Waals surface area contributed by atoms with E-state index >= 15 is 0 Å². The zero-order chi connectivity index (χ0) is 19.5. The average Bonchev–Trinajstić information content (AvgIpc) is 2.55. The molecule has 0 saturated heterocycles. The van der Waals surface area contributed by atoms with Crippen molar-refractivity contribution >= 4 is 11.9 Å². The van der Waals surface area contributed by atoms with E-state index in [1.165, 1.54) is 13.0 Å². The summed E-state index contributed by atoms with van der Waals surface area (Å²) < 4.78 is 10.4. The van der Waals surface area contributed by atoms with Crippen LogP contribution in [0.2, 0.25) is 0 Å². The molecule has 0 amide bonds. The highest BCUT2D eigenvalue weighted by atomic mass is 16.5. The molecule has 0 unspecified atom stereocenters. The second kappa shape index (κ2) is 8.38. The van der Waals surface area contributed by atoms with Crippen molar-refractivity contribution in [3.8, 4) is 0 Å². The van der Waals surface area contributed by atoms with E-state index in [1.807, 2.05) is 13.0 Å². The van der Waals surface area contributed by atoms with Crippen LogP contribution in [0.1, 0.15) is 53.9 Å². The summed E-state index contributed by atoms with van der Waals surface area (Å²) in [6, 6.07) is 0. The van der Waals surface area contributed by atoms with Gasteiger partial charge in [0.1, 0.15) is 6.10 Å². The summed E-state index contributed by atoms with van der Waals surface area (Å²) >= 11 is 0. The topological polar surface area (TPSA) is 72.8 Å². The largest absolute Gasteiger partial charge is 0.463 e. The van der Waals surface area contributed by atoms with Crippen LogP contribution in [0.3, 0.4) is 0 Å². The molecule has 146 valence electrons. The molecule has 1 fully saturated rings. The van der Waals surface area contributed by atoms with Gasteiger partial charge in [-0.2, -0.15) is 0 Å². The van der Waals surface area contributed by atoms with E-state index in [0.717, 1.165) is 18.4 Å². The van der Waals surface area contributed by atoms with E-state index in [9.17, 15) is 14.7 Å². The summed E-state index contributed by atoms with van der Waals surface area (Å²) in [5.41, 5.74) is 0.102. The summed E-state index contributed by atoms with van der Waals surface area (Å²) in [6.45, 7) is 9.66. The van der Waals surface area contributed by atoms with Gasteiger partial charge >= 0.3 is 11.9 Å². The van der Waals surface area contributed by atoms with Gasteiger partial charge in [-0.05, 0) is 50.0 Å². The molecule has 6 atom stereocenters. The molecule has 0 spiro atoms.